The number of amides is 2. The van der Waals surface area contributed by atoms with Crippen LogP contribution in [0.3, 0.4) is 0 Å². The molecule has 1 saturated heterocycles. The van der Waals surface area contributed by atoms with E-state index in [4.69, 9.17) is 42.8 Å². The van der Waals surface area contributed by atoms with E-state index < -0.39 is 17.8 Å². The van der Waals surface area contributed by atoms with E-state index in [9.17, 15) is 14.4 Å². The van der Waals surface area contributed by atoms with E-state index in [2.05, 4.69) is 5.32 Å². The van der Waals surface area contributed by atoms with Gasteiger partial charge in [-0.2, -0.15) is 0 Å². The number of halogens is 1. The van der Waals surface area contributed by atoms with Crippen molar-refractivity contribution in [3.05, 3.63) is 82.3 Å². The molecule has 0 saturated carbocycles. The van der Waals surface area contributed by atoms with Gasteiger partial charge < -0.3 is 19.0 Å². The number of aromatic carboxylic acids is 1. The predicted octanol–water partition coefficient (Wildman–Crippen LogP) is 4.05. The van der Waals surface area contributed by atoms with E-state index in [1.807, 2.05) is 0 Å². The molecule has 0 aliphatic carbocycles. The first-order valence-corrected chi connectivity index (χ1v) is 10.9. The van der Waals surface area contributed by atoms with Crippen molar-refractivity contribution in [1.82, 2.24) is 5.32 Å². The van der Waals surface area contributed by atoms with Crippen LogP contribution in [0.2, 0.25) is 5.02 Å². The molecule has 0 unspecified atom stereocenters. The average Bonchev–Trinajstić information content (AvgIpc) is 3.31. The number of carbonyl (C=O) groups excluding carboxylic acids is 2. The average molecular weight is 513 g/mol. The maximum atomic E-state index is 13.1. The van der Waals surface area contributed by atoms with Gasteiger partial charge in [0.25, 0.3) is 11.8 Å². The molecular formula is C24H17ClN2O7S. The fourth-order valence-corrected chi connectivity index (χ4v) is 3.67. The maximum Gasteiger partial charge on any atom is 0.371 e. The van der Waals surface area contributed by atoms with E-state index in [0.29, 0.717) is 33.5 Å². The molecule has 1 aromatic heterocycles. The highest BCUT2D eigenvalue weighted by atomic mass is 35.5. The van der Waals surface area contributed by atoms with Gasteiger partial charge in [-0.15, -0.1) is 0 Å². The number of carboxylic acids is 1. The van der Waals surface area contributed by atoms with Crippen LogP contribution in [0.5, 0.6) is 11.5 Å². The van der Waals surface area contributed by atoms with Gasteiger partial charge in [0.15, 0.2) is 16.6 Å². The molecule has 1 aliphatic heterocycles. The predicted molar refractivity (Wildman–Crippen MR) is 131 cm³/mol. The molecule has 35 heavy (non-hydrogen) atoms. The Morgan fingerprint density at radius 1 is 1.14 bits per heavy atom. The van der Waals surface area contributed by atoms with Crippen molar-refractivity contribution >= 4 is 58.5 Å². The van der Waals surface area contributed by atoms with Crippen molar-refractivity contribution in [3.63, 3.8) is 0 Å². The highest BCUT2D eigenvalue weighted by molar-refractivity contribution is 7.80. The third-order valence-electron chi connectivity index (χ3n) is 4.93. The number of furan rings is 1. The van der Waals surface area contributed by atoms with Gasteiger partial charge in [0.05, 0.1) is 12.8 Å². The van der Waals surface area contributed by atoms with Gasteiger partial charge in [0.1, 0.15) is 17.9 Å². The summed E-state index contributed by atoms with van der Waals surface area (Å²) in [6.45, 7) is -0.0293. The minimum atomic E-state index is -1.18. The Balaban J connectivity index is 1.57. The molecule has 0 atom stereocenters. The van der Waals surface area contributed by atoms with Crippen LogP contribution in [0.25, 0.3) is 6.08 Å². The van der Waals surface area contributed by atoms with Crippen LogP contribution in [0.15, 0.2) is 64.6 Å². The molecule has 11 heteroatoms. The standard InChI is InChI=1S/C24H17ClN2O7S/c1-32-20-11-13(2-8-18(20)33-12-16-7-9-19(34-16)23(30)31)10-17-21(28)26-24(35)27(22(17)29)15-5-3-14(25)4-6-15/h2-11H,12H2,1H3,(H,30,31)(H,26,28,35)/b17-10+. The minimum Gasteiger partial charge on any atom is -0.493 e. The van der Waals surface area contributed by atoms with Crippen molar-refractivity contribution in [2.24, 2.45) is 0 Å². The number of hydrogen-bond donors (Lipinski definition) is 2. The van der Waals surface area contributed by atoms with Crippen molar-refractivity contribution in [3.8, 4) is 11.5 Å². The van der Waals surface area contributed by atoms with E-state index in [1.165, 1.54) is 30.2 Å². The molecule has 2 heterocycles. The van der Waals surface area contributed by atoms with E-state index in [-0.39, 0.29) is 23.1 Å². The summed E-state index contributed by atoms with van der Waals surface area (Å²) in [6, 6.07) is 14.1. The number of anilines is 1. The zero-order chi connectivity index (χ0) is 25.1. The molecular weight excluding hydrogens is 496 g/mol. The number of nitrogens with one attached hydrogen (secondary N) is 1. The lowest BCUT2D eigenvalue weighted by atomic mass is 10.1. The van der Waals surface area contributed by atoms with Crippen molar-refractivity contribution in [2.45, 2.75) is 6.61 Å². The summed E-state index contributed by atoms with van der Waals surface area (Å²) in [5.74, 6) is -1.59. The molecule has 1 aliphatic rings. The number of carboxylic acid groups (broad SMARTS) is 1. The van der Waals surface area contributed by atoms with E-state index in [0.717, 1.165) is 0 Å². The lowest BCUT2D eigenvalue weighted by Gasteiger charge is -2.29. The number of methoxy groups -OCH3 is 1. The second kappa shape index (κ2) is 10.00. The first-order valence-electron chi connectivity index (χ1n) is 10.1. The maximum absolute atomic E-state index is 13.1. The van der Waals surface area contributed by atoms with Crippen LogP contribution in [-0.2, 0) is 16.2 Å². The Bertz CT molecular complexity index is 1360. The minimum absolute atomic E-state index is 0.0293. The Morgan fingerprint density at radius 2 is 1.89 bits per heavy atom. The number of thiocarbonyl (C=S) groups is 1. The highest BCUT2D eigenvalue weighted by Gasteiger charge is 2.34. The van der Waals surface area contributed by atoms with Gasteiger partial charge in [-0.3, -0.25) is 19.8 Å². The first-order chi connectivity index (χ1) is 16.8. The van der Waals surface area contributed by atoms with Gasteiger partial charge >= 0.3 is 5.97 Å². The third-order valence-corrected chi connectivity index (χ3v) is 5.46. The second-order valence-corrected chi connectivity index (χ2v) is 8.03. The summed E-state index contributed by atoms with van der Waals surface area (Å²) < 4.78 is 16.2. The molecule has 0 spiro atoms. The van der Waals surface area contributed by atoms with Crippen LogP contribution in [-0.4, -0.2) is 35.1 Å². The van der Waals surface area contributed by atoms with E-state index >= 15 is 0 Å². The van der Waals surface area contributed by atoms with Gasteiger partial charge in [-0.25, -0.2) is 4.79 Å². The summed E-state index contributed by atoms with van der Waals surface area (Å²) in [7, 11) is 1.44. The van der Waals surface area contributed by atoms with Gasteiger partial charge in [-0.1, -0.05) is 17.7 Å². The zero-order valence-corrected chi connectivity index (χ0v) is 19.7. The van der Waals surface area contributed by atoms with Crippen LogP contribution in [0, 0.1) is 0 Å². The van der Waals surface area contributed by atoms with Crippen molar-refractivity contribution in [2.75, 3.05) is 12.0 Å². The molecule has 0 radical (unpaired) electrons. The smallest absolute Gasteiger partial charge is 0.371 e. The van der Waals surface area contributed by atoms with Gasteiger partial charge in [0, 0.05) is 5.02 Å². The van der Waals surface area contributed by atoms with Crippen LogP contribution in [0.1, 0.15) is 21.9 Å². The van der Waals surface area contributed by atoms with Gasteiger partial charge in [-0.05, 0) is 72.4 Å². The number of carbonyl (C=O) groups is 3. The Kier molecular flexibility index (Phi) is 6.85. The number of ether oxygens (including phenoxy) is 2. The quantitative estimate of drug-likeness (QED) is 0.276. The molecule has 3 aromatic rings. The third kappa shape index (κ3) is 5.18. The SMILES string of the molecule is COc1cc(/C=C2\C(=O)NC(=S)N(c3ccc(Cl)cc3)C2=O)ccc1OCc1ccc(C(=O)O)o1. The summed E-state index contributed by atoms with van der Waals surface area (Å²) in [5.41, 5.74) is 0.837. The molecule has 0 bridgehead atoms. The fraction of sp³-hybridized carbons (Fsp3) is 0.0833. The molecule has 178 valence electrons. The molecule has 1 fully saturated rings. The topological polar surface area (TPSA) is 118 Å². The van der Waals surface area contributed by atoms with Crippen LogP contribution < -0.4 is 19.7 Å². The lowest BCUT2D eigenvalue weighted by molar-refractivity contribution is -0.122. The molecule has 2 amide bonds. The Morgan fingerprint density at radius 3 is 2.54 bits per heavy atom. The Labute approximate surface area is 209 Å². The summed E-state index contributed by atoms with van der Waals surface area (Å²) in [5, 5.41) is 11.9. The van der Waals surface area contributed by atoms with Gasteiger partial charge in [0.2, 0.25) is 5.76 Å². The van der Waals surface area contributed by atoms with E-state index in [1.54, 1.807) is 42.5 Å². The summed E-state index contributed by atoms with van der Waals surface area (Å²) in [4.78, 5) is 37.8. The monoisotopic (exact) mass is 512 g/mol. The second-order valence-electron chi connectivity index (χ2n) is 7.20. The van der Waals surface area contributed by atoms with Crippen LogP contribution in [0.4, 0.5) is 5.69 Å². The fourth-order valence-electron chi connectivity index (χ4n) is 3.26. The lowest BCUT2D eigenvalue weighted by Crippen LogP contribution is -2.54. The van der Waals surface area contributed by atoms with Crippen molar-refractivity contribution < 1.29 is 33.4 Å². The molecule has 9 nitrogen and oxygen atoms in total. The zero-order valence-electron chi connectivity index (χ0n) is 18.1. The summed E-state index contributed by atoms with van der Waals surface area (Å²) >= 11 is 11.1. The number of hydrogen-bond acceptors (Lipinski definition) is 7. The van der Waals surface area contributed by atoms with Crippen molar-refractivity contribution in [1.29, 1.82) is 0 Å². The molecule has 4 rings (SSSR count). The Hall–Kier alpha value is -4.15. The largest absolute Gasteiger partial charge is 0.493 e. The molecule has 2 N–H and O–H groups in total. The molecule has 2 aromatic carbocycles. The highest BCUT2D eigenvalue weighted by Crippen LogP contribution is 2.31. The number of benzene rings is 2. The number of rotatable bonds is 7. The first kappa shape index (κ1) is 24.0. The summed E-state index contributed by atoms with van der Waals surface area (Å²) in [6.07, 6.45) is 1.42. The number of nitrogens with zero attached hydrogens (tertiary/aromatic N) is 1. The van der Waals surface area contributed by atoms with Crippen LogP contribution >= 0.6 is 23.8 Å². The normalized spacial score (nSPS) is 14.7.